The molecule has 0 N–H and O–H groups in total. The van der Waals surface area contributed by atoms with Crippen LogP contribution in [0, 0.1) is 5.92 Å². The monoisotopic (exact) mass is 331 g/mol. The Morgan fingerprint density at radius 1 is 1.21 bits per heavy atom. The molecule has 130 valence electrons. The zero-order valence-corrected chi connectivity index (χ0v) is 14.4. The van der Waals surface area contributed by atoms with Crippen LogP contribution in [0.2, 0.25) is 0 Å². The Morgan fingerprint density at radius 3 is 2.62 bits per heavy atom. The summed E-state index contributed by atoms with van der Waals surface area (Å²) in [5.74, 6) is 0.541. The molecule has 0 bridgehead atoms. The Morgan fingerprint density at radius 2 is 1.92 bits per heavy atom. The molecule has 1 aromatic carbocycles. The molecule has 2 aliphatic heterocycles. The molecule has 6 heteroatoms. The minimum absolute atomic E-state index is 0.00497. The number of carbonyl (C=O) groups excluding carboxylic acids is 2. The summed E-state index contributed by atoms with van der Waals surface area (Å²) in [5, 5.41) is 0. The van der Waals surface area contributed by atoms with Crippen LogP contribution in [-0.4, -0.2) is 68.0 Å². The third-order valence-electron chi connectivity index (χ3n) is 4.75. The second-order valence-corrected chi connectivity index (χ2v) is 6.43. The highest BCUT2D eigenvalue weighted by molar-refractivity contribution is 6.01. The maximum atomic E-state index is 12.7. The summed E-state index contributed by atoms with van der Waals surface area (Å²) < 4.78 is 5.63. The van der Waals surface area contributed by atoms with E-state index in [1.165, 1.54) is 0 Å². The van der Waals surface area contributed by atoms with Gasteiger partial charge in [0.05, 0.1) is 18.2 Å². The smallest absolute Gasteiger partial charge is 0.228 e. The van der Waals surface area contributed by atoms with E-state index in [4.69, 9.17) is 4.74 Å². The van der Waals surface area contributed by atoms with Crippen LogP contribution in [0.4, 0.5) is 5.69 Å². The van der Waals surface area contributed by atoms with Crippen LogP contribution in [0.25, 0.3) is 0 Å². The first-order valence-electron chi connectivity index (χ1n) is 8.59. The Labute approximate surface area is 143 Å². The lowest BCUT2D eigenvalue weighted by atomic mass is 10.1. The number of carbonyl (C=O) groups is 2. The average Bonchev–Trinajstić information content (AvgIpc) is 2.97. The second-order valence-electron chi connectivity index (χ2n) is 6.43. The zero-order valence-electron chi connectivity index (χ0n) is 14.4. The van der Waals surface area contributed by atoms with E-state index in [2.05, 4.69) is 11.9 Å². The number of rotatable bonds is 4. The highest BCUT2D eigenvalue weighted by Crippen LogP contribution is 2.33. The van der Waals surface area contributed by atoms with Gasteiger partial charge in [-0.25, -0.2) is 0 Å². The molecule has 24 heavy (non-hydrogen) atoms. The number of benzene rings is 1. The van der Waals surface area contributed by atoms with Crippen LogP contribution in [0.5, 0.6) is 5.75 Å². The molecule has 1 atom stereocenters. The summed E-state index contributed by atoms with van der Waals surface area (Å²) in [7, 11) is 2.06. The SMILES string of the molecule is CCOc1ccccc1N1CC(C(=O)N2CCN(C)CC2)CC1=O. The number of anilines is 1. The number of likely N-dealkylation sites (N-methyl/N-ethyl adjacent to an activating group) is 1. The molecule has 0 radical (unpaired) electrons. The van der Waals surface area contributed by atoms with Crippen LogP contribution in [-0.2, 0) is 9.59 Å². The van der Waals surface area contributed by atoms with Crippen molar-refractivity contribution in [1.82, 2.24) is 9.80 Å². The third kappa shape index (κ3) is 3.38. The summed E-state index contributed by atoms with van der Waals surface area (Å²) in [4.78, 5) is 31.0. The van der Waals surface area contributed by atoms with Gasteiger partial charge in [-0.05, 0) is 26.1 Å². The van der Waals surface area contributed by atoms with Gasteiger partial charge in [-0.3, -0.25) is 9.59 Å². The molecule has 2 amide bonds. The van der Waals surface area contributed by atoms with Gasteiger partial charge < -0.3 is 19.4 Å². The number of ether oxygens (including phenoxy) is 1. The molecule has 1 unspecified atom stereocenters. The van der Waals surface area contributed by atoms with E-state index in [9.17, 15) is 9.59 Å². The highest BCUT2D eigenvalue weighted by Gasteiger charge is 2.38. The largest absolute Gasteiger partial charge is 0.492 e. The fourth-order valence-corrected chi connectivity index (χ4v) is 3.35. The molecule has 6 nitrogen and oxygen atoms in total. The minimum atomic E-state index is -0.254. The van der Waals surface area contributed by atoms with E-state index >= 15 is 0 Å². The van der Waals surface area contributed by atoms with E-state index in [0.29, 0.717) is 18.9 Å². The molecule has 2 saturated heterocycles. The Balaban J connectivity index is 1.71. The number of hydrogen-bond acceptors (Lipinski definition) is 4. The van der Waals surface area contributed by atoms with Crippen LogP contribution in [0.1, 0.15) is 13.3 Å². The van der Waals surface area contributed by atoms with Crippen molar-refractivity contribution in [3.05, 3.63) is 24.3 Å². The molecule has 3 rings (SSSR count). The first-order chi connectivity index (χ1) is 11.6. The zero-order chi connectivity index (χ0) is 17.1. The van der Waals surface area contributed by atoms with Crippen molar-refractivity contribution < 1.29 is 14.3 Å². The van der Waals surface area contributed by atoms with Crippen molar-refractivity contribution in [3.63, 3.8) is 0 Å². The summed E-state index contributed by atoms with van der Waals surface area (Å²) in [6, 6.07) is 7.52. The minimum Gasteiger partial charge on any atom is -0.492 e. The van der Waals surface area contributed by atoms with Gasteiger partial charge in [0.1, 0.15) is 5.75 Å². The van der Waals surface area contributed by atoms with Gasteiger partial charge in [0.15, 0.2) is 0 Å². The van der Waals surface area contributed by atoms with Gasteiger partial charge in [0, 0.05) is 39.1 Å². The predicted octanol–water partition coefficient (Wildman–Crippen LogP) is 1.21. The number of piperazine rings is 1. The second kappa shape index (κ2) is 7.21. The number of para-hydroxylation sites is 2. The molecular weight excluding hydrogens is 306 g/mol. The summed E-state index contributed by atoms with van der Waals surface area (Å²) in [6.07, 6.45) is 0.283. The molecule has 0 saturated carbocycles. The maximum absolute atomic E-state index is 12.7. The van der Waals surface area contributed by atoms with Gasteiger partial charge in [-0.2, -0.15) is 0 Å². The fourth-order valence-electron chi connectivity index (χ4n) is 3.35. The van der Waals surface area contributed by atoms with Crippen molar-refractivity contribution in [2.24, 2.45) is 5.92 Å². The van der Waals surface area contributed by atoms with Gasteiger partial charge in [0.25, 0.3) is 0 Å². The van der Waals surface area contributed by atoms with Gasteiger partial charge in [-0.15, -0.1) is 0 Å². The molecule has 2 aliphatic rings. The van der Waals surface area contributed by atoms with Crippen molar-refractivity contribution >= 4 is 17.5 Å². The van der Waals surface area contributed by atoms with Crippen LogP contribution < -0.4 is 9.64 Å². The van der Waals surface area contributed by atoms with E-state index in [0.717, 1.165) is 31.9 Å². The summed E-state index contributed by atoms with van der Waals surface area (Å²) >= 11 is 0. The Hall–Kier alpha value is -2.08. The Bertz CT molecular complexity index is 611. The first kappa shape index (κ1) is 16.8. The van der Waals surface area contributed by atoms with Gasteiger partial charge >= 0.3 is 0 Å². The summed E-state index contributed by atoms with van der Waals surface area (Å²) in [5.41, 5.74) is 0.762. The van der Waals surface area contributed by atoms with E-state index in [1.807, 2.05) is 36.1 Å². The quantitative estimate of drug-likeness (QED) is 0.832. The molecule has 0 aromatic heterocycles. The predicted molar refractivity (Wildman–Crippen MR) is 92.1 cm³/mol. The van der Waals surface area contributed by atoms with Crippen molar-refractivity contribution in [1.29, 1.82) is 0 Å². The highest BCUT2D eigenvalue weighted by atomic mass is 16.5. The van der Waals surface area contributed by atoms with E-state index < -0.39 is 0 Å². The van der Waals surface area contributed by atoms with E-state index in [-0.39, 0.29) is 24.2 Å². The average molecular weight is 331 g/mol. The normalized spacial score (nSPS) is 22.1. The fraction of sp³-hybridized carbons (Fsp3) is 0.556. The lowest BCUT2D eigenvalue weighted by Crippen LogP contribution is -2.49. The molecule has 2 fully saturated rings. The van der Waals surface area contributed by atoms with Crippen LogP contribution in [0.3, 0.4) is 0 Å². The number of amides is 2. The van der Waals surface area contributed by atoms with Crippen molar-refractivity contribution in [2.45, 2.75) is 13.3 Å². The molecule has 0 aliphatic carbocycles. The first-order valence-corrected chi connectivity index (χ1v) is 8.59. The number of hydrogen-bond donors (Lipinski definition) is 0. The molecule has 0 spiro atoms. The molecule has 1 aromatic rings. The maximum Gasteiger partial charge on any atom is 0.228 e. The van der Waals surface area contributed by atoms with Crippen molar-refractivity contribution in [3.8, 4) is 5.75 Å². The topological polar surface area (TPSA) is 53.1 Å². The van der Waals surface area contributed by atoms with E-state index in [1.54, 1.807) is 4.90 Å². The Kier molecular flexibility index (Phi) is 5.04. The summed E-state index contributed by atoms with van der Waals surface area (Å²) in [6.45, 7) is 6.18. The van der Waals surface area contributed by atoms with Gasteiger partial charge in [-0.1, -0.05) is 12.1 Å². The third-order valence-corrected chi connectivity index (χ3v) is 4.75. The van der Waals surface area contributed by atoms with Crippen molar-refractivity contribution in [2.75, 3.05) is 51.3 Å². The lowest BCUT2D eigenvalue weighted by Gasteiger charge is -2.33. The molecular formula is C18H25N3O3. The molecule has 2 heterocycles. The standard InChI is InChI=1S/C18H25N3O3/c1-3-24-16-7-5-4-6-15(16)21-13-14(12-17(21)22)18(23)20-10-8-19(2)9-11-20/h4-7,14H,3,8-13H2,1-2H3. The van der Waals surface area contributed by atoms with Gasteiger partial charge in [0.2, 0.25) is 11.8 Å². The lowest BCUT2D eigenvalue weighted by molar-refractivity contribution is -0.137. The number of nitrogens with zero attached hydrogens (tertiary/aromatic N) is 3. The van der Waals surface area contributed by atoms with Crippen LogP contribution >= 0.6 is 0 Å². The van der Waals surface area contributed by atoms with Crippen LogP contribution in [0.15, 0.2) is 24.3 Å².